The van der Waals surface area contributed by atoms with Crippen molar-refractivity contribution in [2.75, 3.05) is 5.32 Å². The van der Waals surface area contributed by atoms with Crippen LogP contribution in [0.25, 0.3) is 22.3 Å². The molecule has 11 heteroatoms. The highest BCUT2D eigenvalue weighted by atomic mass is 35.5. The summed E-state index contributed by atoms with van der Waals surface area (Å²) in [4.78, 5) is 27.1. The van der Waals surface area contributed by atoms with Gasteiger partial charge in [0.05, 0.1) is 15.6 Å². The van der Waals surface area contributed by atoms with E-state index in [1.54, 1.807) is 18.2 Å². The average molecular weight is 605 g/mol. The molecule has 4 rings (SSSR count). The first kappa shape index (κ1) is 30.0. The standard InChI is InChI=1S/C30H22Cl2F4N2O3/c31-25-13-20(33)7-9-22(25)23-10-8-21(14-26(23)32)37-15-17-4-6-19(30(34,35)36)12-24(17)18-5-11-27(38-16-18)28(39)2-1-3-29(40)41/h4-14,16,37H,1-3,15H2,(H,40,41). The summed E-state index contributed by atoms with van der Waals surface area (Å²) in [6, 6.07) is 15.3. The Morgan fingerprint density at radius 3 is 2.17 bits per heavy atom. The van der Waals surface area contributed by atoms with Gasteiger partial charge < -0.3 is 10.4 Å². The van der Waals surface area contributed by atoms with E-state index in [4.69, 9.17) is 28.3 Å². The molecule has 0 fully saturated rings. The van der Waals surface area contributed by atoms with Crippen LogP contribution in [0.4, 0.5) is 23.2 Å². The number of carbonyl (C=O) groups is 2. The van der Waals surface area contributed by atoms with Crippen LogP contribution >= 0.6 is 23.2 Å². The zero-order valence-corrected chi connectivity index (χ0v) is 22.7. The second kappa shape index (κ2) is 12.7. The molecule has 5 nitrogen and oxygen atoms in total. The molecule has 1 heterocycles. The maximum Gasteiger partial charge on any atom is 0.416 e. The van der Waals surface area contributed by atoms with Crippen LogP contribution < -0.4 is 5.32 Å². The first-order valence-electron chi connectivity index (χ1n) is 12.3. The number of pyridine rings is 1. The fraction of sp³-hybridized carbons (Fsp3) is 0.167. The Balaban J connectivity index is 1.57. The fourth-order valence-corrected chi connectivity index (χ4v) is 4.72. The number of ketones is 1. The Morgan fingerprint density at radius 1 is 0.854 bits per heavy atom. The van der Waals surface area contributed by atoms with Crippen molar-refractivity contribution in [3.05, 3.63) is 106 Å². The lowest BCUT2D eigenvalue weighted by atomic mass is 9.97. The van der Waals surface area contributed by atoms with E-state index in [1.165, 1.54) is 42.6 Å². The van der Waals surface area contributed by atoms with Gasteiger partial charge >= 0.3 is 12.1 Å². The van der Waals surface area contributed by atoms with Crippen LogP contribution in [0.3, 0.4) is 0 Å². The van der Waals surface area contributed by atoms with Crippen LogP contribution in [0.15, 0.2) is 72.9 Å². The molecule has 0 aliphatic heterocycles. The van der Waals surface area contributed by atoms with Gasteiger partial charge in [-0.15, -0.1) is 0 Å². The number of alkyl halides is 3. The summed E-state index contributed by atoms with van der Waals surface area (Å²) in [7, 11) is 0. The van der Waals surface area contributed by atoms with Gasteiger partial charge in [-0.25, -0.2) is 4.39 Å². The molecule has 3 aromatic carbocycles. The van der Waals surface area contributed by atoms with Crippen LogP contribution in [0.5, 0.6) is 0 Å². The third-order valence-electron chi connectivity index (χ3n) is 6.27. The van der Waals surface area contributed by atoms with Crippen molar-refractivity contribution in [1.82, 2.24) is 4.98 Å². The number of anilines is 1. The van der Waals surface area contributed by atoms with Gasteiger partial charge in [-0.3, -0.25) is 14.6 Å². The summed E-state index contributed by atoms with van der Waals surface area (Å²) < 4.78 is 54.0. The number of hydrogen-bond donors (Lipinski definition) is 2. The number of Topliss-reactive ketones (excluding diaryl/α,β-unsaturated/α-hetero) is 1. The topological polar surface area (TPSA) is 79.3 Å². The number of carboxylic acid groups (broad SMARTS) is 1. The number of aliphatic carboxylic acids is 1. The molecule has 0 spiro atoms. The second-order valence-electron chi connectivity index (χ2n) is 9.14. The summed E-state index contributed by atoms with van der Waals surface area (Å²) in [5.41, 5.74) is 2.15. The number of rotatable bonds is 10. The number of nitrogens with zero attached hydrogens (tertiary/aromatic N) is 1. The molecule has 0 atom stereocenters. The molecular formula is C30H22Cl2F4N2O3. The molecule has 1 aromatic heterocycles. The minimum atomic E-state index is -4.57. The second-order valence-corrected chi connectivity index (χ2v) is 9.96. The fourth-order valence-electron chi connectivity index (χ4n) is 4.17. The van der Waals surface area contributed by atoms with Gasteiger partial charge in [-0.05, 0) is 66.1 Å². The number of halogens is 6. The SMILES string of the molecule is O=C(O)CCCC(=O)c1ccc(-c2cc(C(F)(F)F)ccc2CNc2ccc(-c3ccc(F)cc3Cl)c(Cl)c2)cn1. The van der Waals surface area contributed by atoms with Crippen molar-refractivity contribution in [1.29, 1.82) is 0 Å². The van der Waals surface area contributed by atoms with Crippen molar-refractivity contribution in [2.45, 2.75) is 32.0 Å². The lowest BCUT2D eigenvalue weighted by Gasteiger charge is -2.16. The van der Waals surface area contributed by atoms with Crippen molar-refractivity contribution < 1.29 is 32.3 Å². The summed E-state index contributed by atoms with van der Waals surface area (Å²) >= 11 is 12.6. The summed E-state index contributed by atoms with van der Waals surface area (Å²) in [5.74, 6) is -1.85. The van der Waals surface area contributed by atoms with Gasteiger partial charge in [0.1, 0.15) is 11.5 Å². The van der Waals surface area contributed by atoms with Gasteiger partial charge in [0.15, 0.2) is 5.78 Å². The first-order valence-corrected chi connectivity index (χ1v) is 13.1. The summed E-state index contributed by atoms with van der Waals surface area (Å²) in [6.07, 6.45) is -3.26. The first-order chi connectivity index (χ1) is 19.4. The Kier molecular flexibility index (Phi) is 9.30. The van der Waals surface area contributed by atoms with E-state index >= 15 is 0 Å². The number of benzene rings is 3. The van der Waals surface area contributed by atoms with Crippen molar-refractivity contribution in [3.63, 3.8) is 0 Å². The number of nitrogens with one attached hydrogen (secondary N) is 1. The molecule has 0 saturated heterocycles. The van der Waals surface area contributed by atoms with Gasteiger partial charge in [0, 0.05) is 48.0 Å². The number of hydrogen-bond acceptors (Lipinski definition) is 4. The number of aromatic nitrogens is 1. The maximum absolute atomic E-state index is 13.5. The van der Waals surface area contributed by atoms with Gasteiger partial charge in [0.25, 0.3) is 0 Å². The Bertz CT molecular complexity index is 1590. The summed E-state index contributed by atoms with van der Waals surface area (Å²) in [5, 5.41) is 12.4. The number of carbonyl (C=O) groups excluding carboxylic acids is 1. The minimum Gasteiger partial charge on any atom is -0.481 e. The Labute approximate surface area is 242 Å². The highest BCUT2D eigenvalue weighted by Crippen LogP contribution is 2.37. The van der Waals surface area contributed by atoms with Crippen LogP contribution in [0.2, 0.25) is 10.0 Å². The molecule has 41 heavy (non-hydrogen) atoms. The third kappa shape index (κ3) is 7.62. The zero-order valence-electron chi connectivity index (χ0n) is 21.2. The Hall–Kier alpha value is -3.95. The largest absolute Gasteiger partial charge is 0.481 e. The van der Waals surface area contributed by atoms with Gasteiger partial charge in [-0.2, -0.15) is 13.2 Å². The predicted octanol–water partition coefficient (Wildman–Crippen LogP) is 8.93. The molecule has 0 bridgehead atoms. The van der Waals surface area contributed by atoms with Crippen molar-refractivity contribution >= 4 is 40.6 Å². The normalized spacial score (nSPS) is 11.4. The van der Waals surface area contributed by atoms with Crippen LogP contribution in [0.1, 0.15) is 40.9 Å². The molecule has 2 N–H and O–H groups in total. The highest BCUT2D eigenvalue weighted by Gasteiger charge is 2.31. The molecule has 0 unspecified atom stereocenters. The lowest BCUT2D eigenvalue weighted by molar-refractivity contribution is -0.138. The number of carboxylic acids is 1. The van der Waals surface area contributed by atoms with E-state index in [1.807, 2.05) is 0 Å². The molecule has 0 aliphatic carbocycles. The summed E-state index contributed by atoms with van der Waals surface area (Å²) in [6.45, 7) is 0.135. The average Bonchev–Trinajstić information content (AvgIpc) is 2.91. The molecule has 0 radical (unpaired) electrons. The molecular weight excluding hydrogens is 583 g/mol. The smallest absolute Gasteiger partial charge is 0.416 e. The van der Waals surface area contributed by atoms with E-state index in [9.17, 15) is 27.2 Å². The van der Waals surface area contributed by atoms with Crippen molar-refractivity contribution in [2.24, 2.45) is 0 Å². The van der Waals surface area contributed by atoms with Crippen molar-refractivity contribution in [3.8, 4) is 22.3 Å². The van der Waals surface area contributed by atoms with E-state index < -0.39 is 23.5 Å². The van der Waals surface area contributed by atoms with E-state index in [0.29, 0.717) is 33.0 Å². The third-order valence-corrected chi connectivity index (χ3v) is 6.89. The molecule has 212 valence electrons. The molecule has 0 saturated carbocycles. The zero-order chi connectivity index (χ0) is 29.7. The lowest BCUT2D eigenvalue weighted by Crippen LogP contribution is -2.08. The Morgan fingerprint density at radius 2 is 1.56 bits per heavy atom. The van der Waals surface area contributed by atoms with E-state index in [0.717, 1.165) is 12.1 Å². The van der Waals surface area contributed by atoms with Crippen LogP contribution in [0, 0.1) is 5.82 Å². The molecule has 0 aliphatic rings. The monoisotopic (exact) mass is 604 g/mol. The molecule has 4 aromatic rings. The molecule has 0 amide bonds. The van der Waals surface area contributed by atoms with Gasteiger partial charge in [-0.1, -0.05) is 41.4 Å². The van der Waals surface area contributed by atoms with Gasteiger partial charge in [0.2, 0.25) is 0 Å². The van der Waals surface area contributed by atoms with E-state index in [-0.39, 0.29) is 47.9 Å². The quantitative estimate of drug-likeness (QED) is 0.139. The minimum absolute atomic E-state index is 0.00785. The highest BCUT2D eigenvalue weighted by molar-refractivity contribution is 6.36. The predicted molar refractivity (Wildman–Crippen MR) is 150 cm³/mol. The van der Waals surface area contributed by atoms with Crippen LogP contribution in [-0.4, -0.2) is 21.8 Å². The van der Waals surface area contributed by atoms with E-state index in [2.05, 4.69) is 10.3 Å². The maximum atomic E-state index is 13.5. The van der Waals surface area contributed by atoms with Crippen LogP contribution in [-0.2, 0) is 17.5 Å².